The molecular formula is C29H31N5O5S. The molecule has 3 aromatic carbocycles. The molecule has 1 heterocycles. The van der Waals surface area contributed by atoms with E-state index in [4.69, 9.17) is 5.10 Å². The Bertz CT molecular complexity index is 1630. The summed E-state index contributed by atoms with van der Waals surface area (Å²) in [5.74, 6) is -0.196. The number of nitro benzene ring substituents is 1. The van der Waals surface area contributed by atoms with Gasteiger partial charge < -0.3 is 5.32 Å². The van der Waals surface area contributed by atoms with Crippen molar-refractivity contribution in [2.45, 2.75) is 32.6 Å². The lowest BCUT2D eigenvalue weighted by Gasteiger charge is -2.24. The molecule has 0 saturated carbocycles. The van der Waals surface area contributed by atoms with Gasteiger partial charge in [-0.25, -0.2) is 13.1 Å². The Morgan fingerprint density at radius 1 is 1.00 bits per heavy atom. The summed E-state index contributed by atoms with van der Waals surface area (Å²) in [4.78, 5) is 23.8. The van der Waals surface area contributed by atoms with Gasteiger partial charge in [-0.1, -0.05) is 62.4 Å². The zero-order valence-electron chi connectivity index (χ0n) is 22.7. The smallest absolute Gasteiger partial charge is 0.269 e. The summed E-state index contributed by atoms with van der Waals surface area (Å²) < 4.78 is 29.8. The van der Waals surface area contributed by atoms with Crippen molar-refractivity contribution in [3.8, 4) is 16.8 Å². The minimum atomic E-state index is -4.12. The number of carbonyl (C=O) groups excluding carboxylic acids is 1. The predicted octanol–water partition coefficient (Wildman–Crippen LogP) is 5.35. The van der Waals surface area contributed by atoms with Crippen LogP contribution in [0.2, 0.25) is 0 Å². The Kier molecular flexibility index (Phi) is 8.46. The lowest BCUT2D eigenvalue weighted by Crippen LogP contribution is -2.40. The third-order valence-corrected chi connectivity index (χ3v) is 8.12. The first-order valence-electron chi connectivity index (χ1n) is 12.7. The monoisotopic (exact) mass is 561 g/mol. The molecule has 40 heavy (non-hydrogen) atoms. The highest BCUT2D eigenvalue weighted by Crippen LogP contribution is 2.34. The molecule has 208 valence electrons. The first-order chi connectivity index (χ1) is 19.0. The molecule has 0 spiro atoms. The summed E-state index contributed by atoms with van der Waals surface area (Å²) >= 11 is 0. The summed E-state index contributed by atoms with van der Waals surface area (Å²) in [5, 5.41) is 18.7. The summed E-state index contributed by atoms with van der Waals surface area (Å²) in [6.07, 6.45) is 0. The Labute approximate surface area is 233 Å². The number of sulfonamides is 1. The fourth-order valence-corrected chi connectivity index (χ4v) is 6.00. The number of carbonyl (C=O) groups is 1. The predicted molar refractivity (Wildman–Crippen MR) is 154 cm³/mol. The molecule has 0 aliphatic heterocycles. The molecule has 4 aromatic rings. The van der Waals surface area contributed by atoms with Gasteiger partial charge in [0.05, 0.1) is 27.7 Å². The fraction of sp³-hybridized carbons (Fsp3) is 0.241. The van der Waals surface area contributed by atoms with Crippen LogP contribution in [0.1, 0.15) is 25.1 Å². The molecule has 0 saturated heterocycles. The SMILES string of the molecule is Cc1ccccc1-n1nc(C)c(-c2ccccc2)c1NC(=O)CN(CC(C)C)S(=O)(=O)c1ccc([N+](=O)[O-])cc1. The zero-order valence-corrected chi connectivity index (χ0v) is 23.6. The van der Waals surface area contributed by atoms with Crippen LogP contribution in [0.3, 0.4) is 0 Å². The molecule has 0 aliphatic carbocycles. The van der Waals surface area contributed by atoms with Gasteiger partial charge in [0.15, 0.2) is 0 Å². The maximum absolute atomic E-state index is 13.5. The van der Waals surface area contributed by atoms with Gasteiger partial charge in [0.25, 0.3) is 5.69 Å². The minimum absolute atomic E-state index is 0.0777. The number of anilines is 1. The van der Waals surface area contributed by atoms with E-state index in [0.717, 1.165) is 38.8 Å². The molecule has 0 radical (unpaired) electrons. The molecule has 11 heteroatoms. The van der Waals surface area contributed by atoms with E-state index in [9.17, 15) is 23.3 Å². The van der Waals surface area contributed by atoms with Crippen LogP contribution >= 0.6 is 0 Å². The number of nitro groups is 1. The van der Waals surface area contributed by atoms with Crippen molar-refractivity contribution in [1.29, 1.82) is 0 Å². The Morgan fingerprint density at radius 3 is 2.23 bits per heavy atom. The second-order valence-electron chi connectivity index (χ2n) is 9.86. The van der Waals surface area contributed by atoms with E-state index >= 15 is 0 Å². The molecule has 0 atom stereocenters. The summed E-state index contributed by atoms with van der Waals surface area (Å²) in [7, 11) is -4.12. The van der Waals surface area contributed by atoms with E-state index < -0.39 is 27.4 Å². The number of amides is 1. The van der Waals surface area contributed by atoms with Crippen molar-refractivity contribution in [3.05, 3.63) is 100 Å². The van der Waals surface area contributed by atoms with E-state index in [0.29, 0.717) is 11.5 Å². The largest absolute Gasteiger partial charge is 0.309 e. The van der Waals surface area contributed by atoms with Crippen LogP contribution in [0, 0.1) is 29.9 Å². The van der Waals surface area contributed by atoms with Crippen LogP contribution in [-0.4, -0.2) is 46.4 Å². The average molecular weight is 562 g/mol. The number of aryl methyl sites for hydroxylation is 2. The van der Waals surface area contributed by atoms with Gasteiger partial charge in [0.1, 0.15) is 5.82 Å². The van der Waals surface area contributed by atoms with Crippen molar-refractivity contribution >= 4 is 27.4 Å². The van der Waals surface area contributed by atoms with Crippen LogP contribution in [0.15, 0.2) is 83.8 Å². The van der Waals surface area contributed by atoms with E-state index in [1.54, 1.807) is 4.68 Å². The number of rotatable bonds is 10. The fourth-order valence-electron chi connectivity index (χ4n) is 4.44. The molecule has 1 amide bonds. The Morgan fingerprint density at radius 2 is 1.62 bits per heavy atom. The average Bonchev–Trinajstić information content (AvgIpc) is 3.23. The molecule has 0 fully saturated rings. The van der Waals surface area contributed by atoms with Crippen LogP contribution in [0.5, 0.6) is 0 Å². The van der Waals surface area contributed by atoms with Crippen LogP contribution < -0.4 is 5.32 Å². The maximum atomic E-state index is 13.5. The quantitative estimate of drug-likeness (QED) is 0.205. The van der Waals surface area contributed by atoms with Gasteiger partial charge in [0.2, 0.25) is 15.9 Å². The summed E-state index contributed by atoms with van der Waals surface area (Å²) in [6.45, 7) is 7.12. The third kappa shape index (κ3) is 6.11. The Balaban J connectivity index is 1.72. The molecule has 0 bridgehead atoms. The molecule has 1 aromatic heterocycles. The topological polar surface area (TPSA) is 127 Å². The van der Waals surface area contributed by atoms with E-state index in [1.165, 1.54) is 12.1 Å². The van der Waals surface area contributed by atoms with Crippen molar-refractivity contribution in [1.82, 2.24) is 14.1 Å². The van der Waals surface area contributed by atoms with E-state index in [1.807, 2.05) is 82.3 Å². The molecule has 10 nitrogen and oxygen atoms in total. The number of aromatic nitrogens is 2. The lowest BCUT2D eigenvalue weighted by atomic mass is 10.1. The van der Waals surface area contributed by atoms with E-state index in [2.05, 4.69) is 5.32 Å². The van der Waals surface area contributed by atoms with Crippen molar-refractivity contribution in [2.24, 2.45) is 5.92 Å². The van der Waals surface area contributed by atoms with Gasteiger partial charge in [-0.2, -0.15) is 9.40 Å². The minimum Gasteiger partial charge on any atom is -0.309 e. The van der Waals surface area contributed by atoms with Crippen LogP contribution in [-0.2, 0) is 14.8 Å². The highest BCUT2D eigenvalue weighted by Gasteiger charge is 2.29. The number of non-ortho nitro benzene ring substituents is 1. The van der Waals surface area contributed by atoms with Gasteiger partial charge in [-0.15, -0.1) is 0 Å². The number of benzene rings is 3. The van der Waals surface area contributed by atoms with Gasteiger partial charge >= 0.3 is 0 Å². The standard InChI is InChI=1S/C29H31N5O5S/c1-20(2)18-32(40(38,39)25-16-14-24(15-17-25)34(36)37)19-27(35)30-29-28(23-11-6-5-7-12-23)22(4)31-33(29)26-13-9-8-10-21(26)3/h5-17,20H,18-19H2,1-4H3,(H,30,35). The molecule has 1 N–H and O–H groups in total. The highest BCUT2D eigenvalue weighted by atomic mass is 32.2. The van der Waals surface area contributed by atoms with Crippen molar-refractivity contribution in [2.75, 3.05) is 18.4 Å². The van der Waals surface area contributed by atoms with Crippen molar-refractivity contribution < 1.29 is 18.1 Å². The molecule has 0 aliphatic rings. The Hall–Kier alpha value is -4.35. The zero-order chi connectivity index (χ0) is 29.0. The highest BCUT2D eigenvalue weighted by molar-refractivity contribution is 7.89. The second-order valence-corrected chi connectivity index (χ2v) is 11.8. The molecular weight excluding hydrogens is 530 g/mol. The maximum Gasteiger partial charge on any atom is 0.269 e. The third-order valence-electron chi connectivity index (χ3n) is 6.30. The summed E-state index contributed by atoms with van der Waals surface area (Å²) in [5.41, 5.74) is 3.78. The normalized spacial score (nSPS) is 11.7. The van der Waals surface area contributed by atoms with Crippen LogP contribution in [0.25, 0.3) is 16.8 Å². The number of nitrogens with zero attached hydrogens (tertiary/aromatic N) is 4. The summed E-state index contributed by atoms with van der Waals surface area (Å²) in [6, 6.07) is 21.8. The number of hydrogen-bond acceptors (Lipinski definition) is 6. The number of para-hydroxylation sites is 1. The first-order valence-corrected chi connectivity index (χ1v) is 14.2. The van der Waals surface area contributed by atoms with E-state index in [-0.39, 0.29) is 23.0 Å². The first kappa shape index (κ1) is 28.7. The lowest BCUT2D eigenvalue weighted by molar-refractivity contribution is -0.384. The number of hydrogen-bond donors (Lipinski definition) is 1. The van der Waals surface area contributed by atoms with Crippen LogP contribution in [0.4, 0.5) is 11.5 Å². The van der Waals surface area contributed by atoms with Gasteiger partial charge in [-0.3, -0.25) is 14.9 Å². The number of nitrogens with one attached hydrogen (secondary N) is 1. The molecule has 0 unspecified atom stereocenters. The van der Waals surface area contributed by atoms with Gasteiger partial charge in [-0.05, 0) is 49.1 Å². The second kappa shape index (κ2) is 11.8. The van der Waals surface area contributed by atoms with Gasteiger partial charge in [0, 0.05) is 24.2 Å². The molecule has 4 rings (SSSR count). The van der Waals surface area contributed by atoms with Crippen molar-refractivity contribution in [3.63, 3.8) is 0 Å².